The van der Waals surface area contributed by atoms with Crippen LogP contribution >= 0.6 is 0 Å². The topological polar surface area (TPSA) is 98.2 Å². The lowest BCUT2D eigenvalue weighted by atomic mass is 10.2. The molecule has 0 bridgehead atoms. The van der Waals surface area contributed by atoms with Crippen molar-refractivity contribution in [3.63, 3.8) is 0 Å². The number of benzene rings is 1. The van der Waals surface area contributed by atoms with Crippen molar-refractivity contribution in [3.8, 4) is 0 Å². The molecule has 1 unspecified atom stereocenters. The fourth-order valence-corrected chi connectivity index (χ4v) is 1.97. The molecule has 0 radical (unpaired) electrons. The van der Waals surface area contributed by atoms with Crippen LogP contribution in [0.1, 0.15) is 5.56 Å². The first-order valence-corrected chi connectivity index (χ1v) is 7.28. The van der Waals surface area contributed by atoms with Gasteiger partial charge in [0.05, 0.1) is 4.90 Å². The lowest BCUT2D eigenvalue weighted by molar-refractivity contribution is 0.582. The van der Waals surface area contributed by atoms with Gasteiger partial charge in [-0.2, -0.15) is 0 Å². The number of hydrogen-bond donors (Lipinski definition) is 3. The van der Waals surface area contributed by atoms with Crippen molar-refractivity contribution >= 4 is 9.84 Å². The molecule has 0 amide bonds. The van der Waals surface area contributed by atoms with E-state index in [0.717, 1.165) is 5.56 Å². The van der Waals surface area contributed by atoms with E-state index in [-0.39, 0.29) is 6.04 Å². The summed E-state index contributed by atoms with van der Waals surface area (Å²) in [4.78, 5) is 0.333. The third kappa shape index (κ3) is 4.82. The van der Waals surface area contributed by atoms with E-state index in [0.29, 0.717) is 24.5 Å². The quantitative estimate of drug-likeness (QED) is 0.636. The maximum absolute atomic E-state index is 11.2. The van der Waals surface area contributed by atoms with Crippen LogP contribution in [0.4, 0.5) is 0 Å². The van der Waals surface area contributed by atoms with Crippen LogP contribution in [-0.4, -0.2) is 33.8 Å². The fraction of sp³-hybridized carbons (Fsp3) is 0.455. The first-order chi connectivity index (χ1) is 7.93. The van der Waals surface area contributed by atoms with Gasteiger partial charge in [-0.15, -0.1) is 0 Å². The minimum absolute atomic E-state index is 0.0507. The SMILES string of the molecule is CS(=O)(=O)c1ccc(CNCC(N)CN)cc1. The van der Waals surface area contributed by atoms with Gasteiger partial charge in [0.1, 0.15) is 0 Å². The second-order valence-corrected chi connectivity index (χ2v) is 6.06. The van der Waals surface area contributed by atoms with Gasteiger partial charge in [-0.1, -0.05) is 12.1 Å². The molecule has 1 atom stereocenters. The van der Waals surface area contributed by atoms with Crippen molar-refractivity contribution in [2.75, 3.05) is 19.3 Å². The molecule has 0 saturated carbocycles. The van der Waals surface area contributed by atoms with Crippen molar-refractivity contribution in [3.05, 3.63) is 29.8 Å². The number of nitrogens with two attached hydrogens (primary N) is 2. The van der Waals surface area contributed by atoms with Gasteiger partial charge in [0.2, 0.25) is 0 Å². The van der Waals surface area contributed by atoms with E-state index in [4.69, 9.17) is 11.5 Å². The highest BCUT2D eigenvalue weighted by Gasteiger charge is 2.06. The molecular formula is C11H19N3O2S. The maximum atomic E-state index is 11.2. The monoisotopic (exact) mass is 257 g/mol. The minimum atomic E-state index is -3.11. The Balaban J connectivity index is 2.52. The zero-order valence-corrected chi connectivity index (χ0v) is 10.7. The summed E-state index contributed by atoms with van der Waals surface area (Å²) in [6, 6.07) is 6.74. The largest absolute Gasteiger partial charge is 0.329 e. The third-order valence-electron chi connectivity index (χ3n) is 2.39. The van der Waals surface area contributed by atoms with Crippen molar-refractivity contribution in [2.24, 2.45) is 11.5 Å². The molecule has 1 rings (SSSR count). The average molecular weight is 257 g/mol. The van der Waals surface area contributed by atoms with E-state index >= 15 is 0 Å². The van der Waals surface area contributed by atoms with Crippen molar-refractivity contribution in [1.82, 2.24) is 5.32 Å². The van der Waals surface area contributed by atoms with E-state index in [1.165, 1.54) is 6.26 Å². The molecule has 1 aromatic rings. The summed E-state index contributed by atoms with van der Waals surface area (Å²) in [5.74, 6) is 0. The fourth-order valence-electron chi connectivity index (χ4n) is 1.34. The van der Waals surface area contributed by atoms with Crippen LogP contribution in [0.5, 0.6) is 0 Å². The van der Waals surface area contributed by atoms with Crippen LogP contribution in [0.25, 0.3) is 0 Å². The van der Waals surface area contributed by atoms with E-state index < -0.39 is 9.84 Å². The van der Waals surface area contributed by atoms with Crippen LogP contribution in [0, 0.1) is 0 Å². The zero-order chi connectivity index (χ0) is 12.9. The number of nitrogens with one attached hydrogen (secondary N) is 1. The second kappa shape index (κ2) is 6.11. The number of hydrogen-bond acceptors (Lipinski definition) is 5. The highest BCUT2D eigenvalue weighted by atomic mass is 32.2. The highest BCUT2D eigenvalue weighted by Crippen LogP contribution is 2.09. The van der Waals surface area contributed by atoms with Crippen LogP contribution in [0.15, 0.2) is 29.2 Å². The Morgan fingerprint density at radius 2 is 1.88 bits per heavy atom. The van der Waals surface area contributed by atoms with Crippen molar-refractivity contribution < 1.29 is 8.42 Å². The molecule has 5 N–H and O–H groups in total. The molecule has 17 heavy (non-hydrogen) atoms. The van der Waals surface area contributed by atoms with E-state index in [9.17, 15) is 8.42 Å². The van der Waals surface area contributed by atoms with E-state index in [1.54, 1.807) is 24.3 Å². The van der Waals surface area contributed by atoms with Gasteiger partial charge in [-0.3, -0.25) is 0 Å². The van der Waals surface area contributed by atoms with Crippen molar-refractivity contribution in [2.45, 2.75) is 17.5 Å². The normalized spacial score (nSPS) is 13.6. The summed E-state index contributed by atoms with van der Waals surface area (Å²) in [7, 11) is -3.11. The average Bonchev–Trinajstić information content (AvgIpc) is 2.28. The summed E-state index contributed by atoms with van der Waals surface area (Å²) in [6.45, 7) is 1.74. The van der Waals surface area contributed by atoms with Crippen molar-refractivity contribution in [1.29, 1.82) is 0 Å². The predicted molar refractivity (Wildman–Crippen MR) is 68.3 cm³/mol. The molecule has 0 aliphatic rings. The van der Waals surface area contributed by atoms with Crippen LogP contribution in [0.3, 0.4) is 0 Å². The van der Waals surface area contributed by atoms with Gasteiger partial charge in [0.25, 0.3) is 0 Å². The molecule has 0 fully saturated rings. The Morgan fingerprint density at radius 1 is 1.29 bits per heavy atom. The molecule has 0 aliphatic heterocycles. The first kappa shape index (κ1) is 14.1. The smallest absolute Gasteiger partial charge is 0.175 e. The summed E-state index contributed by atoms with van der Waals surface area (Å²) < 4.78 is 22.5. The molecule has 1 aromatic carbocycles. The lowest BCUT2D eigenvalue weighted by Gasteiger charge is -2.10. The Bertz CT molecular complexity index is 442. The zero-order valence-electron chi connectivity index (χ0n) is 9.89. The van der Waals surface area contributed by atoms with Crippen LogP contribution < -0.4 is 16.8 Å². The van der Waals surface area contributed by atoms with Crippen LogP contribution in [0.2, 0.25) is 0 Å². The standard InChI is InChI=1S/C11H19N3O2S/c1-17(15,16)11-4-2-9(3-5-11)7-14-8-10(13)6-12/h2-5,10,14H,6-8,12-13H2,1H3. The number of sulfone groups is 1. The van der Waals surface area contributed by atoms with Gasteiger partial charge in [-0.05, 0) is 17.7 Å². The minimum Gasteiger partial charge on any atom is -0.329 e. The second-order valence-electron chi connectivity index (χ2n) is 4.04. The summed E-state index contributed by atoms with van der Waals surface area (Å²) in [5.41, 5.74) is 12.1. The lowest BCUT2D eigenvalue weighted by Crippen LogP contribution is -2.39. The summed E-state index contributed by atoms with van der Waals surface area (Å²) in [5, 5.41) is 3.16. The van der Waals surface area contributed by atoms with Gasteiger partial charge >= 0.3 is 0 Å². The molecule has 5 nitrogen and oxygen atoms in total. The number of rotatable bonds is 6. The molecule has 0 heterocycles. The molecular weight excluding hydrogens is 238 g/mol. The van der Waals surface area contributed by atoms with E-state index in [1.807, 2.05) is 0 Å². The molecule has 0 aromatic heterocycles. The molecule has 6 heteroatoms. The Morgan fingerprint density at radius 3 is 2.35 bits per heavy atom. The maximum Gasteiger partial charge on any atom is 0.175 e. The van der Waals surface area contributed by atoms with E-state index in [2.05, 4.69) is 5.32 Å². The Hall–Kier alpha value is -0.950. The van der Waals surface area contributed by atoms with Crippen LogP contribution in [-0.2, 0) is 16.4 Å². The predicted octanol–water partition coefficient (Wildman–Crippen LogP) is -0.534. The Labute approximate surface area is 102 Å². The third-order valence-corrected chi connectivity index (χ3v) is 3.52. The van der Waals surface area contributed by atoms with Gasteiger partial charge in [-0.25, -0.2) is 8.42 Å². The summed E-state index contributed by atoms with van der Waals surface area (Å²) in [6.07, 6.45) is 1.19. The molecule has 0 aliphatic carbocycles. The molecule has 96 valence electrons. The van der Waals surface area contributed by atoms with Gasteiger partial charge in [0.15, 0.2) is 9.84 Å². The molecule has 0 spiro atoms. The highest BCUT2D eigenvalue weighted by molar-refractivity contribution is 7.90. The summed E-state index contributed by atoms with van der Waals surface area (Å²) >= 11 is 0. The van der Waals surface area contributed by atoms with Gasteiger partial charge < -0.3 is 16.8 Å². The Kier molecular flexibility index (Phi) is 5.07. The first-order valence-electron chi connectivity index (χ1n) is 5.39. The van der Waals surface area contributed by atoms with Gasteiger partial charge in [0, 0.05) is 31.9 Å². The molecule has 0 saturated heterocycles.